The molecule has 7 heteroatoms. The van der Waals surface area contributed by atoms with Gasteiger partial charge in [-0.3, -0.25) is 14.4 Å². The first kappa shape index (κ1) is 21.8. The number of para-hydroxylation sites is 1. The van der Waals surface area contributed by atoms with E-state index >= 15 is 0 Å². The number of esters is 1. The Balaban J connectivity index is 1.48. The van der Waals surface area contributed by atoms with Gasteiger partial charge in [-0.25, -0.2) is 0 Å². The minimum absolute atomic E-state index is 0.262. The number of ether oxygens (including phenoxy) is 2. The van der Waals surface area contributed by atoms with Gasteiger partial charge in [0.1, 0.15) is 12.3 Å². The first-order valence-corrected chi connectivity index (χ1v) is 9.83. The molecule has 160 valence electrons. The van der Waals surface area contributed by atoms with Gasteiger partial charge in [-0.05, 0) is 35.4 Å². The topological polar surface area (TPSA) is 93.7 Å². The van der Waals surface area contributed by atoms with Crippen LogP contribution in [0.5, 0.6) is 5.75 Å². The van der Waals surface area contributed by atoms with Gasteiger partial charge in [0.25, 0.3) is 11.8 Å². The van der Waals surface area contributed by atoms with Crippen molar-refractivity contribution in [2.75, 3.05) is 20.3 Å². The van der Waals surface area contributed by atoms with Crippen molar-refractivity contribution < 1.29 is 23.9 Å². The highest BCUT2D eigenvalue weighted by Crippen LogP contribution is 2.24. The van der Waals surface area contributed by atoms with Crippen molar-refractivity contribution in [3.05, 3.63) is 77.9 Å². The van der Waals surface area contributed by atoms with Gasteiger partial charge in [-0.15, -0.1) is 0 Å². The molecular weight excluding hydrogens is 396 g/mol. The van der Waals surface area contributed by atoms with Gasteiger partial charge in [-0.1, -0.05) is 54.6 Å². The van der Waals surface area contributed by atoms with E-state index in [9.17, 15) is 14.4 Å². The normalized spacial score (nSPS) is 11.4. The SMILES string of the molecule is COc1ccccc1C(=O)NCC(=O)OCC(=O)N[C@H](C)c1cccc2ccccc12. The number of nitrogens with one attached hydrogen (secondary N) is 2. The van der Waals surface area contributed by atoms with E-state index in [4.69, 9.17) is 9.47 Å². The van der Waals surface area contributed by atoms with E-state index in [2.05, 4.69) is 10.6 Å². The van der Waals surface area contributed by atoms with Crippen LogP contribution in [0.2, 0.25) is 0 Å². The molecule has 0 bridgehead atoms. The fraction of sp³-hybridized carbons (Fsp3) is 0.208. The Labute approximate surface area is 180 Å². The summed E-state index contributed by atoms with van der Waals surface area (Å²) in [6.07, 6.45) is 0. The molecule has 0 aliphatic rings. The van der Waals surface area contributed by atoms with Crippen molar-refractivity contribution in [3.63, 3.8) is 0 Å². The van der Waals surface area contributed by atoms with E-state index in [1.54, 1.807) is 24.3 Å². The third-order valence-corrected chi connectivity index (χ3v) is 4.78. The Morgan fingerprint density at radius 2 is 1.65 bits per heavy atom. The Morgan fingerprint density at radius 1 is 0.935 bits per heavy atom. The lowest BCUT2D eigenvalue weighted by Gasteiger charge is -2.16. The monoisotopic (exact) mass is 420 g/mol. The van der Waals surface area contributed by atoms with E-state index in [1.807, 2.05) is 49.4 Å². The highest BCUT2D eigenvalue weighted by molar-refractivity contribution is 5.98. The van der Waals surface area contributed by atoms with Gasteiger partial charge in [0.2, 0.25) is 0 Å². The molecule has 7 nitrogen and oxygen atoms in total. The second-order valence-corrected chi connectivity index (χ2v) is 6.90. The average molecular weight is 420 g/mol. The zero-order valence-corrected chi connectivity index (χ0v) is 17.4. The Morgan fingerprint density at radius 3 is 2.45 bits per heavy atom. The van der Waals surface area contributed by atoms with Crippen LogP contribution in [0.15, 0.2) is 66.7 Å². The molecule has 0 heterocycles. The second-order valence-electron chi connectivity index (χ2n) is 6.90. The predicted octanol–water partition coefficient (Wildman–Crippen LogP) is 3.00. The lowest BCUT2D eigenvalue weighted by molar-refractivity contribution is -0.147. The van der Waals surface area contributed by atoms with Gasteiger partial charge in [-0.2, -0.15) is 0 Å². The maximum Gasteiger partial charge on any atom is 0.325 e. The summed E-state index contributed by atoms with van der Waals surface area (Å²) in [5, 5.41) is 7.42. The lowest BCUT2D eigenvalue weighted by Crippen LogP contribution is -2.34. The minimum Gasteiger partial charge on any atom is -0.496 e. The highest BCUT2D eigenvalue weighted by atomic mass is 16.5. The summed E-state index contributed by atoms with van der Waals surface area (Å²) in [7, 11) is 1.46. The molecule has 2 amide bonds. The molecule has 0 unspecified atom stereocenters. The smallest absolute Gasteiger partial charge is 0.325 e. The summed E-state index contributed by atoms with van der Waals surface area (Å²) in [5.41, 5.74) is 1.28. The number of rotatable bonds is 8. The van der Waals surface area contributed by atoms with Gasteiger partial charge >= 0.3 is 5.97 Å². The molecule has 2 N–H and O–H groups in total. The third kappa shape index (κ3) is 5.60. The maximum absolute atomic E-state index is 12.2. The van der Waals surface area contributed by atoms with E-state index in [0.29, 0.717) is 11.3 Å². The van der Waals surface area contributed by atoms with Crippen LogP contribution in [-0.4, -0.2) is 38.0 Å². The molecule has 0 aliphatic carbocycles. The van der Waals surface area contributed by atoms with E-state index in [1.165, 1.54) is 7.11 Å². The number of hydrogen-bond acceptors (Lipinski definition) is 5. The number of hydrogen-bond donors (Lipinski definition) is 2. The van der Waals surface area contributed by atoms with E-state index in [-0.39, 0.29) is 12.6 Å². The minimum atomic E-state index is -0.712. The molecule has 3 aromatic rings. The first-order chi connectivity index (χ1) is 15.0. The Kier molecular flexibility index (Phi) is 7.22. The van der Waals surface area contributed by atoms with Crippen molar-refractivity contribution in [2.24, 2.45) is 0 Å². The molecule has 0 aliphatic heterocycles. The quantitative estimate of drug-likeness (QED) is 0.547. The fourth-order valence-electron chi connectivity index (χ4n) is 3.27. The van der Waals surface area contributed by atoms with Gasteiger partial charge in [0.05, 0.1) is 18.7 Å². The zero-order chi connectivity index (χ0) is 22.2. The Hall–Kier alpha value is -3.87. The van der Waals surface area contributed by atoms with E-state index in [0.717, 1.165) is 16.3 Å². The first-order valence-electron chi connectivity index (χ1n) is 9.83. The lowest BCUT2D eigenvalue weighted by atomic mass is 10.00. The van der Waals surface area contributed by atoms with Crippen LogP contribution in [0.1, 0.15) is 28.9 Å². The fourth-order valence-corrected chi connectivity index (χ4v) is 3.27. The molecule has 0 saturated carbocycles. The van der Waals surface area contributed by atoms with Crippen molar-refractivity contribution in [1.82, 2.24) is 10.6 Å². The van der Waals surface area contributed by atoms with Crippen LogP contribution in [0, 0.1) is 0 Å². The number of carbonyl (C=O) groups excluding carboxylic acids is 3. The van der Waals surface area contributed by atoms with Crippen LogP contribution >= 0.6 is 0 Å². The van der Waals surface area contributed by atoms with Crippen LogP contribution in [0.4, 0.5) is 0 Å². The van der Waals surface area contributed by atoms with Crippen molar-refractivity contribution >= 4 is 28.6 Å². The standard InChI is InChI=1S/C24H24N2O5/c1-16(18-12-7-9-17-8-3-4-10-19(17)18)26-22(27)15-31-23(28)14-25-24(29)20-11-5-6-13-21(20)30-2/h3-13,16H,14-15H2,1-2H3,(H,25,29)(H,26,27)/t16-/m1/s1. The molecule has 3 aromatic carbocycles. The predicted molar refractivity (Wildman–Crippen MR) is 117 cm³/mol. The summed E-state index contributed by atoms with van der Waals surface area (Å²) < 4.78 is 10.1. The van der Waals surface area contributed by atoms with Crippen LogP contribution in [-0.2, 0) is 14.3 Å². The summed E-state index contributed by atoms with van der Waals surface area (Å²) >= 11 is 0. The van der Waals surface area contributed by atoms with Gasteiger partial charge in [0.15, 0.2) is 6.61 Å². The van der Waals surface area contributed by atoms with Gasteiger partial charge in [0, 0.05) is 0 Å². The van der Waals surface area contributed by atoms with E-state index < -0.39 is 24.4 Å². The molecule has 0 saturated heterocycles. The number of fused-ring (bicyclic) bond motifs is 1. The molecule has 31 heavy (non-hydrogen) atoms. The molecule has 0 aromatic heterocycles. The summed E-state index contributed by atoms with van der Waals surface area (Å²) in [4.78, 5) is 36.3. The van der Waals surface area contributed by atoms with Gasteiger partial charge < -0.3 is 20.1 Å². The number of amides is 2. The molecule has 0 radical (unpaired) electrons. The molecule has 3 rings (SSSR count). The van der Waals surface area contributed by atoms with Crippen molar-refractivity contribution in [2.45, 2.75) is 13.0 Å². The zero-order valence-electron chi connectivity index (χ0n) is 17.4. The maximum atomic E-state index is 12.2. The molecule has 0 spiro atoms. The number of carbonyl (C=O) groups is 3. The van der Waals surface area contributed by atoms with Crippen molar-refractivity contribution in [1.29, 1.82) is 0 Å². The number of benzene rings is 3. The van der Waals surface area contributed by atoms with Crippen molar-refractivity contribution in [3.8, 4) is 5.75 Å². The molecular formula is C24H24N2O5. The highest BCUT2D eigenvalue weighted by Gasteiger charge is 2.16. The van der Waals surface area contributed by atoms with Crippen LogP contribution in [0.25, 0.3) is 10.8 Å². The van der Waals surface area contributed by atoms with Crippen LogP contribution in [0.3, 0.4) is 0 Å². The largest absolute Gasteiger partial charge is 0.496 e. The Bertz CT molecular complexity index is 1090. The summed E-state index contributed by atoms with van der Waals surface area (Å²) in [5.74, 6) is -1.21. The molecule has 1 atom stereocenters. The summed E-state index contributed by atoms with van der Waals surface area (Å²) in [6.45, 7) is 1.08. The summed E-state index contributed by atoms with van der Waals surface area (Å²) in [6, 6.07) is 20.2. The van der Waals surface area contributed by atoms with Crippen LogP contribution < -0.4 is 15.4 Å². The molecule has 0 fully saturated rings. The average Bonchev–Trinajstić information content (AvgIpc) is 2.80. The third-order valence-electron chi connectivity index (χ3n) is 4.78. The second kappa shape index (κ2) is 10.2. The number of methoxy groups -OCH3 is 1.